The van der Waals surface area contributed by atoms with Crippen molar-refractivity contribution in [2.24, 2.45) is 0 Å². The molecule has 4 aliphatic rings. The molecule has 1 fully saturated rings. The van der Waals surface area contributed by atoms with Crippen LogP contribution in [0.25, 0.3) is 44.9 Å². The molecule has 6 heteroatoms. The number of amides is 1. The van der Waals surface area contributed by atoms with E-state index < -0.39 is 5.72 Å². The zero-order valence-electron chi connectivity index (χ0n) is 19.2. The maximum Gasteiger partial charge on any atom is 0.252 e. The number of carbonyl (C=O) groups is 1. The van der Waals surface area contributed by atoms with Gasteiger partial charge in [0.1, 0.15) is 12.3 Å². The number of hydrogen-bond acceptors (Lipinski definition) is 3. The first-order valence-electron chi connectivity index (χ1n) is 12.1. The summed E-state index contributed by atoms with van der Waals surface area (Å²) in [6.07, 6.45) is 11.1. The van der Waals surface area contributed by atoms with Gasteiger partial charge in [0.2, 0.25) is 0 Å². The van der Waals surface area contributed by atoms with E-state index in [0.717, 1.165) is 73.7 Å². The molecule has 1 saturated heterocycles. The van der Waals surface area contributed by atoms with Gasteiger partial charge in [0.05, 0.1) is 22.1 Å². The van der Waals surface area contributed by atoms with Crippen LogP contribution in [0.5, 0.6) is 0 Å². The van der Waals surface area contributed by atoms with Crippen molar-refractivity contribution in [3.63, 3.8) is 0 Å². The zero-order chi connectivity index (χ0) is 22.8. The van der Waals surface area contributed by atoms with Gasteiger partial charge in [0.25, 0.3) is 5.91 Å². The summed E-state index contributed by atoms with van der Waals surface area (Å²) in [5.41, 5.74) is 4.63. The number of benzene rings is 2. The van der Waals surface area contributed by atoms with E-state index >= 15 is 0 Å². The van der Waals surface area contributed by atoms with Crippen LogP contribution in [0, 0.1) is 0 Å². The highest BCUT2D eigenvalue weighted by Gasteiger charge is 2.49. The van der Waals surface area contributed by atoms with Crippen molar-refractivity contribution in [1.82, 2.24) is 14.5 Å². The Balaban J connectivity index is 1.76. The van der Waals surface area contributed by atoms with Gasteiger partial charge in [-0.3, -0.25) is 4.79 Å². The summed E-state index contributed by atoms with van der Waals surface area (Å²) in [5.74, 6) is 0.0180. The molecule has 2 unspecified atom stereocenters. The van der Waals surface area contributed by atoms with E-state index in [-0.39, 0.29) is 18.2 Å². The molecule has 4 aromatic rings. The maximum absolute atomic E-state index is 13.3. The lowest BCUT2D eigenvalue weighted by Crippen LogP contribution is -2.50. The van der Waals surface area contributed by atoms with Crippen LogP contribution in [-0.4, -0.2) is 28.3 Å². The van der Waals surface area contributed by atoms with E-state index in [9.17, 15) is 4.79 Å². The van der Waals surface area contributed by atoms with Crippen molar-refractivity contribution in [2.45, 2.75) is 50.8 Å². The molecule has 1 amide bonds. The van der Waals surface area contributed by atoms with Crippen LogP contribution in [0.1, 0.15) is 48.3 Å². The monoisotopic (exact) mass is 451 g/mol. The molecule has 0 radical (unpaired) electrons. The molecular formula is C28H25N3O3. The SMILES string of the molecule is CO[C@@H]1CCC2OC1(C)n1c3ccccc3c3c4c(c5c6c(n2c5c31)=CCC=CC=6)C(=O)NC4. The fraction of sp³-hybridized carbons (Fsp3) is 0.321. The molecule has 0 saturated carbocycles. The molecule has 2 aromatic heterocycles. The molecule has 1 N–H and O–H groups in total. The fourth-order valence-electron chi connectivity index (χ4n) is 7.09. The summed E-state index contributed by atoms with van der Waals surface area (Å²) in [5, 5.41) is 8.78. The molecule has 6 nitrogen and oxygen atoms in total. The zero-order valence-corrected chi connectivity index (χ0v) is 19.2. The van der Waals surface area contributed by atoms with Crippen LogP contribution in [0.4, 0.5) is 0 Å². The number of para-hydroxylation sites is 1. The Hall–Kier alpha value is -3.35. The van der Waals surface area contributed by atoms with E-state index in [1.807, 2.05) is 0 Å². The summed E-state index contributed by atoms with van der Waals surface area (Å²) < 4.78 is 17.9. The number of methoxy groups -OCH3 is 1. The number of hydrogen-bond donors (Lipinski definition) is 1. The Kier molecular flexibility index (Phi) is 3.47. The van der Waals surface area contributed by atoms with Gasteiger partial charge < -0.3 is 23.9 Å². The number of aromatic nitrogens is 2. The number of allylic oxidation sites excluding steroid dienone is 2. The predicted octanol–water partition coefficient (Wildman–Crippen LogP) is 3.52. The number of carbonyl (C=O) groups excluding carboxylic acids is 1. The lowest BCUT2D eigenvalue weighted by molar-refractivity contribution is -0.248. The largest absolute Gasteiger partial charge is 0.376 e. The number of nitrogens with one attached hydrogen (secondary N) is 1. The predicted molar refractivity (Wildman–Crippen MR) is 132 cm³/mol. The highest BCUT2D eigenvalue weighted by atomic mass is 16.6. The molecule has 1 aliphatic carbocycles. The van der Waals surface area contributed by atoms with Gasteiger partial charge in [-0.1, -0.05) is 42.5 Å². The topological polar surface area (TPSA) is 57.4 Å². The summed E-state index contributed by atoms with van der Waals surface area (Å²) in [4.78, 5) is 13.3. The minimum absolute atomic E-state index is 0.0180. The molecule has 34 heavy (non-hydrogen) atoms. The molecule has 8 rings (SSSR count). The smallest absolute Gasteiger partial charge is 0.252 e. The Morgan fingerprint density at radius 2 is 2.06 bits per heavy atom. The van der Waals surface area contributed by atoms with E-state index in [0.29, 0.717) is 6.54 Å². The van der Waals surface area contributed by atoms with Gasteiger partial charge in [0.15, 0.2) is 5.72 Å². The van der Waals surface area contributed by atoms with Gasteiger partial charge in [-0.05, 0) is 37.8 Å². The minimum atomic E-state index is -0.672. The first-order valence-corrected chi connectivity index (χ1v) is 12.1. The van der Waals surface area contributed by atoms with Crippen LogP contribution in [-0.2, 0) is 21.7 Å². The van der Waals surface area contributed by atoms with Crippen molar-refractivity contribution >= 4 is 50.8 Å². The van der Waals surface area contributed by atoms with Gasteiger partial charge in [-0.15, -0.1) is 0 Å². The highest BCUT2D eigenvalue weighted by molar-refractivity contribution is 6.25. The first-order chi connectivity index (χ1) is 16.6. The normalized spacial score (nSPS) is 26.8. The third-order valence-electron chi connectivity index (χ3n) is 8.40. The van der Waals surface area contributed by atoms with Gasteiger partial charge in [0, 0.05) is 40.4 Å². The molecule has 2 bridgehead atoms. The summed E-state index contributed by atoms with van der Waals surface area (Å²) >= 11 is 0. The number of fused-ring (bicyclic) bond motifs is 13. The lowest BCUT2D eigenvalue weighted by atomic mass is 9.97. The summed E-state index contributed by atoms with van der Waals surface area (Å²) in [6, 6.07) is 8.52. The van der Waals surface area contributed by atoms with Gasteiger partial charge in [-0.2, -0.15) is 0 Å². The van der Waals surface area contributed by atoms with Crippen molar-refractivity contribution in [2.75, 3.05) is 7.11 Å². The van der Waals surface area contributed by atoms with E-state index in [1.54, 1.807) is 7.11 Å². The molecule has 5 heterocycles. The maximum atomic E-state index is 13.3. The Labute approximate surface area is 195 Å². The van der Waals surface area contributed by atoms with Crippen LogP contribution >= 0.6 is 0 Å². The molecule has 3 atom stereocenters. The summed E-state index contributed by atoms with van der Waals surface area (Å²) in [6.45, 7) is 2.72. The molecule has 0 spiro atoms. The fourth-order valence-corrected chi connectivity index (χ4v) is 7.09. The van der Waals surface area contributed by atoms with Crippen LogP contribution in [0.15, 0.2) is 36.4 Å². The number of rotatable bonds is 1. The quantitative estimate of drug-likeness (QED) is 0.482. The van der Waals surface area contributed by atoms with Crippen molar-refractivity contribution in [1.29, 1.82) is 0 Å². The van der Waals surface area contributed by atoms with E-state index in [4.69, 9.17) is 9.47 Å². The second-order valence-electron chi connectivity index (χ2n) is 9.97. The van der Waals surface area contributed by atoms with Crippen molar-refractivity contribution in [3.8, 4) is 0 Å². The first kappa shape index (κ1) is 19.0. The Morgan fingerprint density at radius 1 is 1.18 bits per heavy atom. The molecular weight excluding hydrogens is 426 g/mol. The Morgan fingerprint density at radius 3 is 2.94 bits per heavy atom. The van der Waals surface area contributed by atoms with E-state index in [2.05, 4.69) is 69.9 Å². The van der Waals surface area contributed by atoms with E-state index in [1.165, 1.54) is 0 Å². The van der Waals surface area contributed by atoms with Crippen LogP contribution in [0.2, 0.25) is 0 Å². The third kappa shape index (κ3) is 2.00. The molecule has 2 aromatic carbocycles. The minimum Gasteiger partial charge on any atom is -0.376 e. The average molecular weight is 452 g/mol. The third-order valence-corrected chi connectivity index (χ3v) is 8.40. The molecule has 170 valence electrons. The molecule has 3 aliphatic heterocycles. The second kappa shape index (κ2) is 6.20. The van der Waals surface area contributed by atoms with Gasteiger partial charge in [-0.25, -0.2) is 0 Å². The average Bonchev–Trinajstić information content (AvgIpc) is 3.40. The van der Waals surface area contributed by atoms with Crippen molar-refractivity contribution in [3.05, 3.63) is 58.1 Å². The second-order valence-corrected chi connectivity index (χ2v) is 9.97. The Bertz CT molecular complexity index is 1760. The number of ether oxygens (including phenoxy) is 2. The van der Waals surface area contributed by atoms with Crippen LogP contribution in [0.3, 0.4) is 0 Å². The highest BCUT2D eigenvalue weighted by Crippen LogP contribution is 2.50. The van der Waals surface area contributed by atoms with Crippen LogP contribution < -0.4 is 15.9 Å². The van der Waals surface area contributed by atoms with Crippen molar-refractivity contribution < 1.29 is 14.3 Å². The van der Waals surface area contributed by atoms with Gasteiger partial charge >= 0.3 is 0 Å². The standard InChI is InChI=1S/C28H25N3O3/c1-28-20(33-2)12-13-21(34-28)30-18-10-5-3-4-8-15(18)23-24-17(14-29-27(24)32)22-16-9-6-7-11-19(16)31(28)26(22)25(23)30/h3-4,6-11,20-21H,5,12-14H2,1-2H3,(H,29,32)/t20-,21?,28?/m1/s1. The lowest BCUT2D eigenvalue weighted by Gasteiger charge is -2.44. The number of nitrogens with zero attached hydrogens (tertiary/aromatic N) is 2. The summed E-state index contributed by atoms with van der Waals surface area (Å²) in [7, 11) is 1.79.